The molecule has 1 aromatic carbocycles. The lowest BCUT2D eigenvalue weighted by atomic mass is 9.92. The van der Waals surface area contributed by atoms with E-state index in [1.165, 1.54) is 0 Å². The molecule has 1 heterocycles. The van der Waals surface area contributed by atoms with E-state index in [0.29, 0.717) is 23.1 Å². The van der Waals surface area contributed by atoms with Gasteiger partial charge in [-0.3, -0.25) is 14.2 Å². The van der Waals surface area contributed by atoms with Gasteiger partial charge in [0.25, 0.3) is 5.56 Å². The molecule has 1 saturated carbocycles. The summed E-state index contributed by atoms with van der Waals surface area (Å²) in [5.74, 6) is -0.270. The molecule has 0 saturated heterocycles. The molecule has 0 bridgehead atoms. The van der Waals surface area contributed by atoms with Crippen molar-refractivity contribution in [3.63, 3.8) is 0 Å². The molecule has 5 heteroatoms. The molecule has 0 amide bonds. The van der Waals surface area contributed by atoms with Crippen LogP contribution in [0.15, 0.2) is 29.1 Å². The van der Waals surface area contributed by atoms with E-state index in [-0.39, 0.29) is 18.0 Å². The first-order valence-electron chi connectivity index (χ1n) is 6.89. The molecule has 1 N–H and O–H groups in total. The van der Waals surface area contributed by atoms with Crippen molar-refractivity contribution in [2.24, 2.45) is 0 Å². The second-order valence-corrected chi connectivity index (χ2v) is 5.20. The Morgan fingerprint density at radius 1 is 1.35 bits per heavy atom. The molecule has 5 nitrogen and oxygen atoms in total. The molecular weight excluding hydrogens is 256 g/mol. The van der Waals surface area contributed by atoms with Gasteiger partial charge < -0.3 is 5.11 Å². The molecule has 1 aliphatic rings. The van der Waals surface area contributed by atoms with Gasteiger partial charge in [-0.15, -0.1) is 0 Å². The number of carbonyl (C=O) groups is 1. The minimum atomic E-state index is -0.868. The van der Waals surface area contributed by atoms with Crippen LogP contribution in [0.25, 0.3) is 10.9 Å². The highest BCUT2D eigenvalue weighted by molar-refractivity contribution is 5.77. The van der Waals surface area contributed by atoms with E-state index in [2.05, 4.69) is 4.98 Å². The van der Waals surface area contributed by atoms with Crippen molar-refractivity contribution in [3.8, 4) is 0 Å². The molecule has 1 aromatic heterocycles. The number of carboxylic acid groups (broad SMARTS) is 1. The third-order valence-electron chi connectivity index (χ3n) is 3.88. The predicted octanol–water partition coefficient (Wildman–Crippen LogP) is 2.14. The van der Waals surface area contributed by atoms with Gasteiger partial charge in [-0.1, -0.05) is 12.1 Å². The number of aliphatic carboxylic acids is 1. The number of hydrogen-bond donors (Lipinski definition) is 1. The van der Waals surface area contributed by atoms with Crippen molar-refractivity contribution in [1.82, 2.24) is 9.55 Å². The monoisotopic (exact) mass is 272 g/mol. The predicted molar refractivity (Wildman–Crippen MR) is 74.8 cm³/mol. The summed E-state index contributed by atoms with van der Waals surface area (Å²) in [5, 5.41) is 9.45. The zero-order valence-electron chi connectivity index (χ0n) is 11.1. The zero-order chi connectivity index (χ0) is 14.1. The number of aryl methyl sites for hydroxylation is 1. The third kappa shape index (κ3) is 2.19. The maximum absolute atomic E-state index is 12.6. The average molecular weight is 272 g/mol. The van der Waals surface area contributed by atoms with Gasteiger partial charge in [0.2, 0.25) is 0 Å². The van der Waals surface area contributed by atoms with Gasteiger partial charge in [0.15, 0.2) is 0 Å². The van der Waals surface area contributed by atoms with Crippen LogP contribution in [-0.4, -0.2) is 20.6 Å². The number of nitrogens with zero attached hydrogens (tertiary/aromatic N) is 2. The van der Waals surface area contributed by atoms with Crippen LogP contribution in [-0.2, 0) is 11.2 Å². The van der Waals surface area contributed by atoms with E-state index in [4.69, 9.17) is 5.11 Å². The Hall–Kier alpha value is -2.17. The Kier molecular flexibility index (Phi) is 3.26. The molecule has 20 heavy (non-hydrogen) atoms. The standard InChI is InChI=1S/C15H16N2O3/c18-14(19)9-8-13-16-12-7-2-1-6-11(12)15(20)17(13)10-4-3-5-10/h1-2,6-7,10H,3-5,8-9H2,(H,18,19). The lowest BCUT2D eigenvalue weighted by molar-refractivity contribution is -0.137. The fourth-order valence-electron chi connectivity index (χ4n) is 2.61. The Morgan fingerprint density at radius 2 is 2.10 bits per heavy atom. The highest BCUT2D eigenvalue weighted by Crippen LogP contribution is 2.31. The summed E-state index contributed by atoms with van der Waals surface area (Å²) in [6, 6.07) is 7.42. The molecule has 0 aliphatic heterocycles. The van der Waals surface area contributed by atoms with Crippen molar-refractivity contribution in [1.29, 1.82) is 0 Å². The second kappa shape index (κ2) is 5.07. The third-order valence-corrected chi connectivity index (χ3v) is 3.88. The van der Waals surface area contributed by atoms with Gasteiger partial charge in [-0.25, -0.2) is 4.98 Å². The molecule has 3 rings (SSSR count). The molecule has 0 spiro atoms. The van der Waals surface area contributed by atoms with Gasteiger partial charge in [0.1, 0.15) is 5.82 Å². The number of hydrogen-bond acceptors (Lipinski definition) is 3. The lowest BCUT2D eigenvalue weighted by Crippen LogP contribution is -2.32. The van der Waals surface area contributed by atoms with Crippen molar-refractivity contribution in [3.05, 3.63) is 40.4 Å². The molecule has 1 aliphatic carbocycles. The summed E-state index contributed by atoms with van der Waals surface area (Å²) in [5.41, 5.74) is 0.606. The van der Waals surface area contributed by atoms with Gasteiger partial charge in [-0.2, -0.15) is 0 Å². The summed E-state index contributed by atoms with van der Waals surface area (Å²) >= 11 is 0. The topological polar surface area (TPSA) is 72.2 Å². The van der Waals surface area contributed by atoms with Crippen molar-refractivity contribution in [2.45, 2.75) is 38.1 Å². The van der Waals surface area contributed by atoms with E-state index in [0.717, 1.165) is 19.3 Å². The second-order valence-electron chi connectivity index (χ2n) is 5.20. The number of fused-ring (bicyclic) bond motifs is 1. The van der Waals surface area contributed by atoms with Crippen molar-refractivity contribution in [2.75, 3.05) is 0 Å². The maximum atomic E-state index is 12.6. The smallest absolute Gasteiger partial charge is 0.303 e. The van der Waals surface area contributed by atoms with Gasteiger partial charge in [0.05, 0.1) is 17.3 Å². The molecule has 2 aromatic rings. The number of aromatic nitrogens is 2. The minimum Gasteiger partial charge on any atom is -0.481 e. The number of benzene rings is 1. The van der Waals surface area contributed by atoms with Crippen LogP contribution < -0.4 is 5.56 Å². The highest BCUT2D eigenvalue weighted by atomic mass is 16.4. The van der Waals surface area contributed by atoms with Crippen LogP contribution in [0.4, 0.5) is 0 Å². The summed E-state index contributed by atoms with van der Waals surface area (Å²) in [6.07, 6.45) is 3.35. The largest absolute Gasteiger partial charge is 0.481 e. The fraction of sp³-hybridized carbons (Fsp3) is 0.400. The lowest BCUT2D eigenvalue weighted by Gasteiger charge is -2.29. The summed E-state index contributed by atoms with van der Waals surface area (Å²) in [4.78, 5) is 27.9. The summed E-state index contributed by atoms with van der Waals surface area (Å²) in [7, 11) is 0. The van der Waals surface area contributed by atoms with Crippen LogP contribution in [0.3, 0.4) is 0 Å². The number of carboxylic acids is 1. The fourth-order valence-corrected chi connectivity index (χ4v) is 2.61. The Labute approximate surface area is 115 Å². The van der Waals surface area contributed by atoms with Gasteiger partial charge >= 0.3 is 5.97 Å². The van der Waals surface area contributed by atoms with Gasteiger partial charge in [-0.05, 0) is 31.4 Å². The van der Waals surface area contributed by atoms with Crippen LogP contribution in [0.2, 0.25) is 0 Å². The molecule has 0 radical (unpaired) electrons. The Balaban J connectivity index is 2.14. The van der Waals surface area contributed by atoms with Crippen LogP contribution in [0.5, 0.6) is 0 Å². The Morgan fingerprint density at radius 3 is 2.75 bits per heavy atom. The van der Waals surface area contributed by atoms with Crippen molar-refractivity contribution < 1.29 is 9.90 Å². The zero-order valence-corrected chi connectivity index (χ0v) is 11.1. The SMILES string of the molecule is O=C(O)CCc1nc2ccccc2c(=O)n1C1CCC1. The van der Waals surface area contributed by atoms with Crippen molar-refractivity contribution >= 4 is 16.9 Å². The highest BCUT2D eigenvalue weighted by Gasteiger charge is 2.24. The van der Waals surface area contributed by atoms with E-state index in [9.17, 15) is 9.59 Å². The van der Waals surface area contributed by atoms with E-state index in [1.54, 1.807) is 16.7 Å². The Bertz CT molecular complexity index is 717. The molecule has 104 valence electrons. The van der Waals surface area contributed by atoms with Gasteiger partial charge in [0, 0.05) is 12.5 Å². The van der Waals surface area contributed by atoms with E-state index < -0.39 is 5.97 Å². The van der Waals surface area contributed by atoms with E-state index >= 15 is 0 Å². The minimum absolute atomic E-state index is 0.00248. The first-order chi connectivity index (χ1) is 9.66. The summed E-state index contributed by atoms with van der Waals surface area (Å²) in [6.45, 7) is 0. The molecular formula is C15H16N2O3. The molecule has 0 atom stereocenters. The number of rotatable bonds is 4. The van der Waals surface area contributed by atoms with Crippen LogP contribution in [0.1, 0.15) is 37.5 Å². The average Bonchev–Trinajstić information content (AvgIpc) is 2.38. The first kappa shape index (κ1) is 12.8. The first-order valence-corrected chi connectivity index (χ1v) is 6.89. The van der Waals surface area contributed by atoms with Crippen LogP contribution >= 0.6 is 0 Å². The van der Waals surface area contributed by atoms with E-state index in [1.807, 2.05) is 12.1 Å². The molecule has 1 fully saturated rings. The quantitative estimate of drug-likeness (QED) is 0.925. The summed E-state index contributed by atoms with van der Waals surface area (Å²) < 4.78 is 1.72. The number of para-hydroxylation sites is 1. The molecule has 0 unspecified atom stereocenters. The van der Waals surface area contributed by atoms with Crippen LogP contribution in [0, 0.1) is 0 Å². The normalized spacial score (nSPS) is 15.2. The maximum Gasteiger partial charge on any atom is 0.303 e.